The minimum absolute atomic E-state index is 0.117. The van der Waals surface area contributed by atoms with Gasteiger partial charge in [-0.2, -0.15) is 0 Å². The Hall–Kier alpha value is -2.11. The van der Waals surface area contributed by atoms with E-state index in [-0.39, 0.29) is 17.7 Å². The predicted molar refractivity (Wildman–Crippen MR) is 73.5 cm³/mol. The first kappa shape index (κ1) is 14.3. The van der Waals surface area contributed by atoms with E-state index in [1.165, 1.54) is 0 Å². The van der Waals surface area contributed by atoms with Gasteiger partial charge in [0, 0.05) is 17.0 Å². The number of aryl methyl sites for hydroxylation is 2. The van der Waals surface area contributed by atoms with E-state index >= 15 is 0 Å². The highest BCUT2D eigenvalue weighted by atomic mass is 16.5. The van der Waals surface area contributed by atoms with Crippen LogP contribution in [0.4, 0.5) is 5.88 Å². The Kier molecular flexibility index (Phi) is 3.65. The summed E-state index contributed by atoms with van der Waals surface area (Å²) in [6, 6.07) is 1.74. The summed E-state index contributed by atoms with van der Waals surface area (Å²) in [6.45, 7) is 9.68. The third-order valence-electron chi connectivity index (χ3n) is 3.06. The lowest BCUT2D eigenvalue weighted by Crippen LogP contribution is -2.15. The molecule has 1 amide bonds. The molecule has 0 atom stereocenters. The van der Waals surface area contributed by atoms with Gasteiger partial charge in [-0.1, -0.05) is 31.1 Å². The van der Waals surface area contributed by atoms with Crippen LogP contribution in [0.25, 0.3) is 0 Å². The minimum atomic E-state index is -0.184. The highest BCUT2D eigenvalue weighted by molar-refractivity contribution is 5.91. The molecule has 20 heavy (non-hydrogen) atoms. The van der Waals surface area contributed by atoms with Crippen LogP contribution in [0.2, 0.25) is 0 Å². The molecule has 0 bridgehead atoms. The van der Waals surface area contributed by atoms with Gasteiger partial charge in [0.25, 0.3) is 0 Å². The fourth-order valence-corrected chi connectivity index (χ4v) is 1.78. The van der Waals surface area contributed by atoms with Crippen LogP contribution >= 0.6 is 0 Å². The molecule has 0 radical (unpaired) electrons. The molecule has 0 saturated heterocycles. The number of rotatable bonds is 3. The van der Waals surface area contributed by atoms with E-state index in [0.29, 0.717) is 11.6 Å². The zero-order chi connectivity index (χ0) is 14.9. The molecule has 0 fully saturated rings. The van der Waals surface area contributed by atoms with E-state index in [0.717, 1.165) is 17.0 Å². The smallest absolute Gasteiger partial charge is 0.231 e. The molecule has 0 aromatic carbocycles. The zero-order valence-corrected chi connectivity index (χ0v) is 12.4. The summed E-state index contributed by atoms with van der Waals surface area (Å²) >= 11 is 0. The molecular formula is C14H19N3O3. The van der Waals surface area contributed by atoms with Gasteiger partial charge in [-0.15, -0.1) is 0 Å². The molecule has 0 aliphatic heterocycles. The van der Waals surface area contributed by atoms with E-state index in [9.17, 15) is 4.79 Å². The lowest BCUT2D eigenvalue weighted by atomic mass is 9.92. The van der Waals surface area contributed by atoms with Crippen LogP contribution in [0.3, 0.4) is 0 Å². The first-order valence-electron chi connectivity index (χ1n) is 6.46. The van der Waals surface area contributed by atoms with Gasteiger partial charge in [-0.25, -0.2) is 0 Å². The second-order valence-electron chi connectivity index (χ2n) is 5.85. The van der Waals surface area contributed by atoms with Crippen molar-refractivity contribution in [3.8, 4) is 0 Å². The van der Waals surface area contributed by atoms with Crippen molar-refractivity contribution in [1.82, 2.24) is 10.3 Å². The Balaban J connectivity index is 2.04. The van der Waals surface area contributed by atoms with Crippen LogP contribution in [0.1, 0.15) is 43.5 Å². The predicted octanol–water partition coefficient (Wildman–Crippen LogP) is 2.76. The number of carbonyl (C=O) groups is 1. The van der Waals surface area contributed by atoms with Crippen molar-refractivity contribution in [3.63, 3.8) is 0 Å². The summed E-state index contributed by atoms with van der Waals surface area (Å²) in [5, 5.41) is 10.5. The summed E-state index contributed by atoms with van der Waals surface area (Å²) in [6.07, 6.45) is 0.201. The maximum absolute atomic E-state index is 12.0. The molecular weight excluding hydrogens is 258 g/mol. The van der Waals surface area contributed by atoms with Crippen LogP contribution in [-0.2, 0) is 16.6 Å². The maximum Gasteiger partial charge on any atom is 0.231 e. The van der Waals surface area contributed by atoms with Crippen LogP contribution in [-0.4, -0.2) is 16.2 Å². The number of amides is 1. The van der Waals surface area contributed by atoms with Gasteiger partial charge in [0.05, 0.1) is 17.8 Å². The second kappa shape index (κ2) is 5.11. The number of anilines is 1. The normalized spacial score (nSPS) is 11.7. The van der Waals surface area contributed by atoms with Crippen molar-refractivity contribution in [2.24, 2.45) is 0 Å². The van der Waals surface area contributed by atoms with E-state index in [1.54, 1.807) is 13.0 Å². The van der Waals surface area contributed by atoms with Crippen LogP contribution in [0, 0.1) is 13.8 Å². The fourth-order valence-electron chi connectivity index (χ4n) is 1.78. The van der Waals surface area contributed by atoms with Crippen LogP contribution < -0.4 is 5.32 Å². The van der Waals surface area contributed by atoms with E-state index in [4.69, 9.17) is 9.05 Å². The first-order valence-corrected chi connectivity index (χ1v) is 6.46. The van der Waals surface area contributed by atoms with Crippen molar-refractivity contribution in [3.05, 3.63) is 28.8 Å². The summed E-state index contributed by atoms with van der Waals surface area (Å²) in [5.74, 6) is 0.827. The molecule has 2 aromatic rings. The number of hydrogen-bond donors (Lipinski definition) is 1. The molecule has 0 spiro atoms. The molecule has 2 rings (SSSR count). The number of carbonyl (C=O) groups excluding carboxylic acids is 1. The Bertz CT molecular complexity index is 600. The minimum Gasteiger partial charge on any atom is -0.361 e. The van der Waals surface area contributed by atoms with Gasteiger partial charge in [0.2, 0.25) is 11.8 Å². The third kappa shape index (κ3) is 3.07. The number of hydrogen-bond acceptors (Lipinski definition) is 5. The molecule has 2 aromatic heterocycles. The SMILES string of the molecule is Cc1noc(C)c1CC(=O)Nc1cc(C(C)(C)C)no1. The molecule has 6 nitrogen and oxygen atoms in total. The lowest BCUT2D eigenvalue weighted by Gasteiger charge is -2.12. The molecule has 1 N–H and O–H groups in total. The quantitative estimate of drug-likeness (QED) is 0.932. The summed E-state index contributed by atoms with van der Waals surface area (Å²) in [4.78, 5) is 12.0. The van der Waals surface area contributed by atoms with Crippen molar-refractivity contribution >= 4 is 11.8 Å². The van der Waals surface area contributed by atoms with Crippen molar-refractivity contribution in [1.29, 1.82) is 0 Å². The standard InChI is InChI=1S/C14H19N3O3/c1-8-10(9(2)19-16-8)6-12(18)15-13-7-11(17-20-13)14(3,4)5/h7H,6H2,1-5H3,(H,15,18). The van der Waals surface area contributed by atoms with E-state index in [2.05, 4.69) is 15.6 Å². The summed E-state index contributed by atoms with van der Waals surface area (Å²) in [7, 11) is 0. The second-order valence-corrected chi connectivity index (χ2v) is 5.85. The van der Waals surface area contributed by atoms with E-state index in [1.807, 2.05) is 27.7 Å². The Morgan fingerprint density at radius 1 is 1.25 bits per heavy atom. The zero-order valence-electron chi connectivity index (χ0n) is 12.4. The average molecular weight is 277 g/mol. The highest BCUT2D eigenvalue weighted by Crippen LogP contribution is 2.23. The average Bonchev–Trinajstić information content (AvgIpc) is 2.90. The third-order valence-corrected chi connectivity index (χ3v) is 3.06. The monoisotopic (exact) mass is 277 g/mol. The molecule has 6 heteroatoms. The molecule has 0 unspecified atom stereocenters. The topological polar surface area (TPSA) is 81.2 Å². The van der Waals surface area contributed by atoms with Crippen molar-refractivity contribution < 1.29 is 13.8 Å². The largest absolute Gasteiger partial charge is 0.361 e. The highest BCUT2D eigenvalue weighted by Gasteiger charge is 2.20. The number of aromatic nitrogens is 2. The van der Waals surface area contributed by atoms with Crippen molar-refractivity contribution in [2.45, 2.75) is 46.5 Å². The molecule has 0 aliphatic carbocycles. The Labute approximate surface area is 117 Å². The Morgan fingerprint density at radius 3 is 2.45 bits per heavy atom. The summed E-state index contributed by atoms with van der Waals surface area (Å²) in [5.41, 5.74) is 2.21. The van der Waals surface area contributed by atoms with E-state index < -0.39 is 0 Å². The molecule has 0 aliphatic rings. The van der Waals surface area contributed by atoms with Gasteiger partial charge in [-0.05, 0) is 13.8 Å². The van der Waals surface area contributed by atoms with Gasteiger partial charge >= 0.3 is 0 Å². The molecule has 2 heterocycles. The Morgan fingerprint density at radius 2 is 1.95 bits per heavy atom. The van der Waals surface area contributed by atoms with Gasteiger partial charge in [0.15, 0.2) is 0 Å². The number of nitrogens with one attached hydrogen (secondary N) is 1. The molecule has 0 saturated carbocycles. The van der Waals surface area contributed by atoms with Gasteiger partial charge in [-0.3, -0.25) is 10.1 Å². The van der Waals surface area contributed by atoms with Gasteiger partial charge in [0.1, 0.15) is 5.76 Å². The van der Waals surface area contributed by atoms with Crippen LogP contribution in [0.15, 0.2) is 15.1 Å². The number of nitrogens with zero attached hydrogens (tertiary/aromatic N) is 2. The maximum atomic E-state index is 12.0. The fraction of sp³-hybridized carbons (Fsp3) is 0.500. The van der Waals surface area contributed by atoms with Crippen LogP contribution in [0.5, 0.6) is 0 Å². The first-order chi connectivity index (χ1) is 9.27. The summed E-state index contributed by atoms with van der Waals surface area (Å²) < 4.78 is 10.1. The lowest BCUT2D eigenvalue weighted by molar-refractivity contribution is -0.115. The molecule has 108 valence electrons. The van der Waals surface area contributed by atoms with Crippen molar-refractivity contribution in [2.75, 3.05) is 5.32 Å². The van der Waals surface area contributed by atoms with Gasteiger partial charge < -0.3 is 9.05 Å².